The number of aromatic hydroxyl groups is 1. The van der Waals surface area contributed by atoms with E-state index < -0.39 is 5.97 Å². The first-order valence-electron chi connectivity index (χ1n) is 5.38. The molecule has 0 aliphatic carbocycles. The summed E-state index contributed by atoms with van der Waals surface area (Å²) in [5.74, 6) is -0.489. The van der Waals surface area contributed by atoms with E-state index in [9.17, 15) is 9.90 Å². The third-order valence-corrected chi connectivity index (χ3v) is 2.62. The van der Waals surface area contributed by atoms with Gasteiger partial charge >= 0.3 is 5.97 Å². The number of phenols is 1. The van der Waals surface area contributed by atoms with Gasteiger partial charge < -0.3 is 9.84 Å². The van der Waals surface area contributed by atoms with E-state index in [0.717, 1.165) is 5.56 Å². The number of esters is 1. The Kier molecular flexibility index (Phi) is 3.61. The lowest BCUT2D eigenvalue weighted by molar-refractivity contribution is -0.133. The van der Waals surface area contributed by atoms with Crippen LogP contribution in [-0.4, -0.2) is 18.2 Å². The first-order chi connectivity index (χ1) is 7.77. The van der Waals surface area contributed by atoms with Gasteiger partial charge in [0.1, 0.15) is 5.75 Å². The second-order valence-electron chi connectivity index (χ2n) is 4.95. The lowest BCUT2D eigenvalue weighted by Crippen LogP contribution is -2.11. The number of benzene rings is 1. The number of hydrogen-bond acceptors (Lipinski definition) is 3. The van der Waals surface area contributed by atoms with Gasteiger partial charge in [-0.25, -0.2) is 4.79 Å². The van der Waals surface area contributed by atoms with Gasteiger partial charge in [0.05, 0.1) is 12.7 Å². The minimum absolute atomic E-state index is 0.0489. The fourth-order valence-corrected chi connectivity index (χ4v) is 1.49. The van der Waals surface area contributed by atoms with Crippen molar-refractivity contribution in [2.24, 2.45) is 0 Å². The van der Waals surface area contributed by atoms with Gasteiger partial charge in [0, 0.05) is 5.56 Å². The maximum atomic E-state index is 11.3. The summed E-state index contributed by atoms with van der Waals surface area (Å²) in [6.45, 7) is 9.77. The van der Waals surface area contributed by atoms with Gasteiger partial charge in [-0.05, 0) is 17.0 Å². The molecule has 0 bridgehead atoms. The lowest BCUT2D eigenvalue weighted by atomic mass is 9.86. The minimum atomic E-state index is -0.538. The van der Waals surface area contributed by atoms with E-state index in [1.807, 2.05) is 6.07 Å². The van der Waals surface area contributed by atoms with Crippen molar-refractivity contribution >= 4 is 11.5 Å². The SMILES string of the molecule is C=C(C(=O)OC)c1ccc(C(C)(C)C)cc1O. The second-order valence-corrected chi connectivity index (χ2v) is 4.95. The molecule has 1 N–H and O–H groups in total. The van der Waals surface area contributed by atoms with Crippen molar-refractivity contribution in [1.82, 2.24) is 0 Å². The van der Waals surface area contributed by atoms with Gasteiger partial charge in [-0.3, -0.25) is 0 Å². The molecule has 0 saturated carbocycles. The van der Waals surface area contributed by atoms with Crippen LogP contribution in [0.3, 0.4) is 0 Å². The zero-order valence-corrected chi connectivity index (χ0v) is 10.7. The Hall–Kier alpha value is -1.77. The summed E-state index contributed by atoms with van der Waals surface area (Å²) in [5, 5.41) is 9.90. The average Bonchev–Trinajstić information content (AvgIpc) is 2.25. The fraction of sp³-hybridized carbons (Fsp3) is 0.357. The van der Waals surface area contributed by atoms with Crippen LogP contribution in [0.15, 0.2) is 24.8 Å². The summed E-state index contributed by atoms with van der Waals surface area (Å²) in [6.07, 6.45) is 0. The van der Waals surface area contributed by atoms with Crippen LogP contribution in [-0.2, 0) is 14.9 Å². The van der Waals surface area contributed by atoms with E-state index >= 15 is 0 Å². The first kappa shape index (κ1) is 13.3. The molecule has 3 heteroatoms. The molecular weight excluding hydrogens is 216 g/mol. The monoisotopic (exact) mass is 234 g/mol. The molecule has 0 unspecified atom stereocenters. The summed E-state index contributed by atoms with van der Waals surface area (Å²) in [5.41, 5.74) is 1.51. The second kappa shape index (κ2) is 4.62. The molecule has 0 saturated heterocycles. The van der Waals surface area contributed by atoms with Gasteiger partial charge in [0.25, 0.3) is 0 Å². The number of hydrogen-bond donors (Lipinski definition) is 1. The molecule has 0 fully saturated rings. The molecular formula is C14H18O3. The normalized spacial score (nSPS) is 11.1. The Balaban J connectivity index is 3.15. The predicted molar refractivity (Wildman–Crippen MR) is 67.9 cm³/mol. The zero-order chi connectivity index (χ0) is 13.2. The van der Waals surface area contributed by atoms with Crippen LogP contribution in [0.4, 0.5) is 0 Å². The number of methoxy groups -OCH3 is 1. The Bertz CT molecular complexity index is 453. The highest BCUT2D eigenvalue weighted by Crippen LogP contribution is 2.31. The highest BCUT2D eigenvalue weighted by atomic mass is 16.5. The molecule has 0 heterocycles. The predicted octanol–water partition coefficient (Wildman–Crippen LogP) is 2.88. The number of rotatable bonds is 2. The van der Waals surface area contributed by atoms with Gasteiger partial charge in [-0.2, -0.15) is 0 Å². The smallest absolute Gasteiger partial charge is 0.337 e. The van der Waals surface area contributed by atoms with Crippen LogP contribution in [0.2, 0.25) is 0 Å². The maximum absolute atomic E-state index is 11.3. The van der Waals surface area contributed by atoms with Gasteiger partial charge in [-0.1, -0.05) is 39.5 Å². The van der Waals surface area contributed by atoms with Crippen molar-refractivity contribution in [3.63, 3.8) is 0 Å². The molecule has 0 aliphatic heterocycles. The Morgan fingerprint density at radius 1 is 1.35 bits per heavy atom. The molecule has 0 spiro atoms. The van der Waals surface area contributed by atoms with E-state index in [4.69, 9.17) is 0 Å². The molecule has 17 heavy (non-hydrogen) atoms. The molecule has 0 atom stereocenters. The van der Waals surface area contributed by atoms with Crippen LogP contribution in [0.25, 0.3) is 5.57 Å². The van der Waals surface area contributed by atoms with Crippen LogP contribution >= 0.6 is 0 Å². The standard InChI is InChI=1S/C14H18O3/c1-9(13(16)17-5)11-7-6-10(8-12(11)15)14(2,3)4/h6-8,15H,1H2,2-5H3. The van der Waals surface area contributed by atoms with E-state index in [0.29, 0.717) is 5.56 Å². The van der Waals surface area contributed by atoms with Crippen molar-refractivity contribution in [2.45, 2.75) is 26.2 Å². The van der Waals surface area contributed by atoms with Crippen molar-refractivity contribution < 1.29 is 14.6 Å². The van der Waals surface area contributed by atoms with Gasteiger partial charge in [0.15, 0.2) is 0 Å². The maximum Gasteiger partial charge on any atom is 0.337 e. The van der Waals surface area contributed by atoms with E-state index in [1.54, 1.807) is 12.1 Å². The number of carbonyl (C=O) groups excluding carboxylic acids is 1. The Morgan fingerprint density at radius 2 is 1.94 bits per heavy atom. The summed E-state index contributed by atoms with van der Waals surface area (Å²) < 4.78 is 4.57. The Labute approximate surface area is 102 Å². The quantitative estimate of drug-likeness (QED) is 0.632. The highest BCUT2D eigenvalue weighted by Gasteiger charge is 2.18. The van der Waals surface area contributed by atoms with E-state index in [1.165, 1.54) is 7.11 Å². The molecule has 1 rings (SSSR count). The largest absolute Gasteiger partial charge is 0.507 e. The van der Waals surface area contributed by atoms with Crippen LogP contribution in [0, 0.1) is 0 Å². The van der Waals surface area contributed by atoms with Crippen molar-refractivity contribution in [3.8, 4) is 5.75 Å². The Morgan fingerprint density at radius 3 is 2.35 bits per heavy atom. The highest BCUT2D eigenvalue weighted by molar-refractivity contribution is 6.16. The van der Waals surface area contributed by atoms with Gasteiger partial charge in [0.2, 0.25) is 0 Å². The average molecular weight is 234 g/mol. The molecule has 1 aromatic rings. The van der Waals surface area contributed by atoms with Crippen molar-refractivity contribution in [1.29, 1.82) is 0 Å². The third kappa shape index (κ3) is 2.87. The number of phenolic OH excluding ortho intramolecular Hbond substituents is 1. The lowest BCUT2D eigenvalue weighted by Gasteiger charge is -2.20. The molecule has 1 aromatic carbocycles. The first-order valence-corrected chi connectivity index (χ1v) is 5.38. The summed E-state index contributed by atoms with van der Waals surface area (Å²) in [7, 11) is 1.29. The summed E-state index contributed by atoms with van der Waals surface area (Å²) in [6, 6.07) is 5.22. The van der Waals surface area contributed by atoms with Crippen molar-refractivity contribution in [3.05, 3.63) is 35.9 Å². The summed E-state index contributed by atoms with van der Waals surface area (Å²) in [4.78, 5) is 11.3. The third-order valence-electron chi connectivity index (χ3n) is 2.62. The minimum Gasteiger partial charge on any atom is -0.507 e. The molecule has 0 amide bonds. The molecule has 0 aromatic heterocycles. The van der Waals surface area contributed by atoms with Crippen LogP contribution in [0.5, 0.6) is 5.75 Å². The van der Waals surface area contributed by atoms with Crippen LogP contribution in [0.1, 0.15) is 31.9 Å². The topological polar surface area (TPSA) is 46.5 Å². The van der Waals surface area contributed by atoms with Gasteiger partial charge in [-0.15, -0.1) is 0 Å². The molecule has 3 nitrogen and oxygen atoms in total. The number of ether oxygens (including phenoxy) is 1. The fourth-order valence-electron chi connectivity index (χ4n) is 1.49. The molecule has 92 valence electrons. The molecule has 0 aliphatic rings. The number of carbonyl (C=O) groups is 1. The molecule has 0 radical (unpaired) electrons. The summed E-state index contributed by atoms with van der Waals surface area (Å²) >= 11 is 0. The van der Waals surface area contributed by atoms with E-state index in [2.05, 4.69) is 32.1 Å². The zero-order valence-electron chi connectivity index (χ0n) is 10.7. The van der Waals surface area contributed by atoms with Crippen LogP contribution < -0.4 is 0 Å². The van der Waals surface area contributed by atoms with Crippen molar-refractivity contribution in [2.75, 3.05) is 7.11 Å². The van der Waals surface area contributed by atoms with E-state index in [-0.39, 0.29) is 16.7 Å².